The lowest BCUT2D eigenvalue weighted by Crippen LogP contribution is -2.48. The minimum atomic E-state index is -0.123. The summed E-state index contributed by atoms with van der Waals surface area (Å²) in [6, 6.07) is 14.9. The zero-order chi connectivity index (χ0) is 15.6. The maximum atomic E-state index is 12.7. The van der Waals surface area contributed by atoms with E-state index in [4.69, 9.17) is 0 Å². The van der Waals surface area contributed by atoms with Gasteiger partial charge in [0.2, 0.25) is 5.91 Å². The van der Waals surface area contributed by atoms with Gasteiger partial charge in [0, 0.05) is 30.6 Å². The van der Waals surface area contributed by atoms with E-state index in [1.807, 2.05) is 16.7 Å². The van der Waals surface area contributed by atoms with Crippen molar-refractivity contribution >= 4 is 28.4 Å². The molecule has 0 spiro atoms. The molecule has 2 N–H and O–H groups in total. The summed E-state index contributed by atoms with van der Waals surface area (Å²) >= 11 is 1.93. The Morgan fingerprint density at radius 1 is 1.04 bits per heavy atom. The molecule has 0 aromatic heterocycles. The number of benzene rings is 2. The summed E-state index contributed by atoms with van der Waals surface area (Å²) in [7, 11) is 0. The summed E-state index contributed by atoms with van der Waals surface area (Å²) in [6.07, 6.45) is 0.802. The summed E-state index contributed by atoms with van der Waals surface area (Å²) < 4.78 is 0. The van der Waals surface area contributed by atoms with Crippen molar-refractivity contribution < 1.29 is 4.79 Å². The van der Waals surface area contributed by atoms with Crippen molar-refractivity contribution in [1.29, 1.82) is 0 Å². The third-order valence-corrected chi connectivity index (χ3v) is 5.67. The standard InChI is InChI=1S/C18H21N3OS/c22-18(21-8-10-23-11-9-21)17-12-16(19-20-17)15-7-3-5-13-4-1-2-6-14(13)15/h1-7,16-17,19-20H,8-12H2. The highest BCUT2D eigenvalue weighted by atomic mass is 32.2. The van der Waals surface area contributed by atoms with E-state index < -0.39 is 0 Å². The Hall–Kier alpha value is -1.56. The second-order valence-electron chi connectivity index (χ2n) is 6.14. The van der Waals surface area contributed by atoms with Gasteiger partial charge in [0.1, 0.15) is 6.04 Å². The molecule has 0 bridgehead atoms. The molecule has 0 aliphatic carbocycles. The number of fused-ring (bicyclic) bond motifs is 1. The summed E-state index contributed by atoms with van der Waals surface area (Å²) in [4.78, 5) is 14.7. The number of carbonyl (C=O) groups is 1. The van der Waals surface area contributed by atoms with Gasteiger partial charge in [-0.1, -0.05) is 42.5 Å². The maximum absolute atomic E-state index is 12.7. The average Bonchev–Trinajstić information content (AvgIpc) is 3.11. The van der Waals surface area contributed by atoms with E-state index in [-0.39, 0.29) is 18.0 Å². The van der Waals surface area contributed by atoms with Crippen LogP contribution in [-0.4, -0.2) is 41.4 Å². The number of amides is 1. The number of hydrazine groups is 1. The fourth-order valence-corrected chi connectivity index (χ4v) is 4.38. The van der Waals surface area contributed by atoms with Crippen molar-refractivity contribution in [3.8, 4) is 0 Å². The predicted octanol–water partition coefficient (Wildman–Crippen LogP) is 2.32. The molecule has 23 heavy (non-hydrogen) atoms. The quantitative estimate of drug-likeness (QED) is 0.888. The number of carbonyl (C=O) groups excluding carboxylic acids is 1. The molecule has 2 aliphatic rings. The first-order valence-electron chi connectivity index (χ1n) is 8.18. The molecule has 0 radical (unpaired) electrons. The van der Waals surface area contributed by atoms with Gasteiger partial charge in [-0.3, -0.25) is 4.79 Å². The molecule has 2 aliphatic heterocycles. The van der Waals surface area contributed by atoms with Gasteiger partial charge in [0.05, 0.1) is 0 Å². The largest absolute Gasteiger partial charge is 0.340 e. The minimum absolute atomic E-state index is 0.123. The number of rotatable bonds is 2. The molecular weight excluding hydrogens is 306 g/mol. The lowest BCUT2D eigenvalue weighted by atomic mass is 9.96. The van der Waals surface area contributed by atoms with Gasteiger partial charge in [-0.2, -0.15) is 11.8 Å². The van der Waals surface area contributed by atoms with Crippen LogP contribution in [0.3, 0.4) is 0 Å². The van der Waals surface area contributed by atoms with E-state index >= 15 is 0 Å². The fourth-order valence-electron chi connectivity index (χ4n) is 3.48. The third-order valence-electron chi connectivity index (χ3n) is 4.72. The van der Waals surface area contributed by atoms with E-state index in [1.54, 1.807) is 0 Å². The molecule has 2 atom stereocenters. The first kappa shape index (κ1) is 15.0. The van der Waals surface area contributed by atoms with Crippen LogP contribution in [0.1, 0.15) is 18.0 Å². The number of nitrogens with zero attached hydrogens (tertiary/aromatic N) is 1. The van der Waals surface area contributed by atoms with E-state index in [0.29, 0.717) is 0 Å². The van der Waals surface area contributed by atoms with Crippen molar-refractivity contribution in [1.82, 2.24) is 15.8 Å². The fraction of sp³-hybridized carbons (Fsp3) is 0.389. The van der Waals surface area contributed by atoms with Crippen molar-refractivity contribution in [2.24, 2.45) is 0 Å². The molecule has 2 saturated heterocycles. The number of thioether (sulfide) groups is 1. The second-order valence-corrected chi connectivity index (χ2v) is 7.36. The molecule has 1 amide bonds. The van der Waals surface area contributed by atoms with Crippen molar-refractivity contribution in [3.63, 3.8) is 0 Å². The molecule has 2 unspecified atom stereocenters. The molecule has 5 heteroatoms. The first-order valence-corrected chi connectivity index (χ1v) is 9.33. The summed E-state index contributed by atoms with van der Waals surface area (Å²) in [5.41, 5.74) is 7.82. The summed E-state index contributed by atoms with van der Waals surface area (Å²) in [5.74, 6) is 2.35. The molecule has 2 aromatic carbocycles. The molecular formula is C18H21N3OS. The van der Waals surface area contributed by atoms with Crippen molar-refractivity contribution in [3.05, 3.63) is 48.0 Å². The van der Waals surface area contributed by atoms with E-state index in [1.165, 1.54) is 16.3 Å². The molecule has 4 nitrogen and oxygen atoms in total. The summed E-state index contributed by atoms with van der Waals surface area (Å²) in [6.45, 7) is 1.75. The van der Waals surface area contributed by atoms with Gasteiger partial charge in [-0.25, -0.2) is 10.9 Å². The molecule has 2 heterocycles. The van der Waals surface area contributed by atoms with Crippen LogP contribution in [0.4, 0.5) is 0 Å². The Balaban J connectivity index is 1.52. The van der Waals surface area contributed by atoms with Crippen LogP contribution >= 0.6 is 11.8 Å². The highest BCUT2D eigenvalue weighted by Gasteiger charge is 2.33. The van der Waals surface area contributed by atoms with Crippen LogP contribution in [0.5, 0.6) is 0 Å². The Morgan fingerprint density at radius 2 is 1.83 bits per heavy atom. The Labute approximate surface area is 140 Å². The van der Waals surface area contributed by atoms with E-state index in [2.05, 4.69) is 53.3 Å². The van der Waals surface area contributed by atoms with E-state index in [9.17, 15) is 4.79 Å². The number of hydrogen-bond acceptors (Lipinski definition) is 4. The Bertz CT molecular complexity index is 709. The Morgan fingerprint density at radius 3 is 2.70 bits per heavy atom. The normalized spacial score (nSPS) is 25.0. The van der Waals surface area contributed by atoms with Crippen molar-refractivity contribution in [2.45, 2.75) is 18.5 Å². The first-order chi connectivity index (χ1) is 11.3. The highest BCUT2D eigenvalue weighted by molar-refractivity contribution is 7.99. The number of hydrogen-bond donors (Lipinski definition) is 2. The molecule has 2 fully saturated rings. The predicted molar refractivity (Wildman–Crippen MR) is 95.3 cm³/mol. The van der Waals surface area contributed by atoms with Crippen LogP contribution in [0, 0.1) is 0 Å². The molecule has 120 valence electrons. The third kappa shape index (κ3) is 2.96. The average molecular weight is 327 g/mol. The zero-order valence-corrected chi connectivity index (χ0v) is 13.8. The summed E-state index contributed by atoms with van der Waals surface area (Å²) in [5, 5.41) is 2.51. The SMILES string of the molecule is O=C(C1CC(c2cccc3ccccc23)NN1)N1CCSCC1. The van der Waals surface area contributed by atoms with Gasteiger partial charge in [-0.15, -0.1) is 0 Å². The van der Waals surface area contributed by atoms with Gasteiger partial charge in [0.25, 0.3) is 0 Å². The van der Waals surface area contributed by atoms with Gasteiger partial charge in [0.15, 0.2) is 0 Å². The molecule has 4 rings (SSSR count). The second kappa shape index (κ2) is 6.51. The maximum Gasteiger partial charge on any atom is 0.241 e. The van der Waals surface area contributed by atoms with Gasteiger partial charge >= 0.3 is 0 Å². The van der Waals surface area contributed by atoms with Gasteiger partial charge < -0.3 is 4.90 Å². The van der Waals surface area contributed by atoms with Crippen LogP contribution < -0.4 is 10.9 Å². The van der Waals surface area contributed by atoms with Gasteiger partial charge in [-0.05, 0) is 22.8 Å². The molecule has 0 saturated carbocycles. The van der Waals surface area contributed by atoms with Crippen molar-refractivity contribution in [2.75, 3.05) is 24.6 Å². The Kier molecular flexibility index (Phi) is 4.25. The topological polar surface area (TPSA) is 44.4 Å². The van der Waals surface area contributed by atoms with Crippen LogP contribution in [0.2, 0.25) is 0 Å². The number of nitrogens with one attached hydrogen (secondary N) is 2. The minimum Gasteiger partial charge on any atom is -0.340 e. The van der Waals surface area contributed by atoms with E-state index in [0.717, 1.165) is 31.0 Å². The smallest absolute Gasteiger partial charge is 0.241 e. The van der Waals surface area contributed by atoms with Crippen LogP contribution in [-0.2, 0) is 4.79 Å². The lowest BCUT2D eigenvalue weighted by Gasteiger charge is -2.28. The highest BCUT2D eigenvalue weighted by Crippen LogP contribution is 2.29. The molecule has 2 aromatic rings. The lowest BCUT2D eigenvalue weighted by molar-refractivity contribution is -0.132. The zero-order valence-electron chi connectivity index (χ0n) is 13.0. The van der Waals surface area contributed by atoms with Crippen LogP contribution in [0.15, 0.2) is 42.5 Å². The van der Waals surface area contributed by atoms with Crippen LogP contribution in [0.25, 0.3) is 10.8 Å². The monoisotopic (exact) mass is 327 g/mol.